The molecular formula is C10H16N4S. The minimum atomic E-state index is 0.864. The number of hydrogen-bond donors (Lipinski definition) is 1. The first-order chi connectivity index (χ1) is 7.29. The Bertz CT molecular complexity index is 336. The van der Waals surface area contributed by atoms with Gasteiger partial charge in [-0.25, -0.2) is 9.97 Å². The number of nitrogens with zero attached hydrogens (tertiary/aromatic N) is 3. The van der Waals surface area contributed by atoms with E-state index in [0.29, 0.717) is 0 Å². The molecule has 0 unspecified atom stereocenters. The highest BCUT2D eigenvalue weighted by Crippen LogP contribution is 2.17. The number of thioether (sulfide) groups is 1. The van der Waals surface area contributed by atoms with Crippen molar-refractivity contribution in [3.8, 4) is 0 Å². The van der Waals surface area contributed by atoms with Crippen LogP contribution in [0.5, 0.6) is 0 Å². The Morgan fingerprint density at radius 2 is 2.07 bits per heavy atom. The molecule has 0 saturated carbocycles. The maximum atomic E-state index is 4.53. The first-order valence-electron chi connectivity index (χ1n) is 5.15. The number of hydrogen-bond acceptors (Lipinski definition) is 5. The largest absolute Gasteiger partial charge is 0.354 e. The van der Waals surface area contributed by atoms with Crippen molar-refractivity contribution in [2.75, 3.05) is 37.3 Å². The van der Waals surface area contributed by atoms with Crippen molar-refractivity contribution in [3.05, 3.63) is 11.8 Å². The van der Waals surface area contributed by atoms with Crippen LogP contribution in [-0.2, 0) is 0 Å². The van der Waals surface area contributed by atoms with Crippen LogP contribution < -0.4 is 10.2 Å². The van der Waals surface area contributed by atoms with Crippen LogP contribution in [0.2, 0.25) is 0 Å². The second-order valence-electron chi connectivity index (χ2n) is 3.59. The van der Waals surface area contributed by atoms with E-state index in [4.69, 9.17) is 0 Å². The van der Waals surface area contributed by atoms with E-state index in [1.165, 1.54) is 0 Å². The van der Waals surface area contributed by atoms with Gasteiger partial charge in [0.05, 0.1) is 0 Å². The topological polar surface area (TPSA) is 41.1 Å². The average Bonchev–Trinajstić information content (AvgIpc) is 2.29. The van der Waals surface area contributed by atoms with Gasteiger partial charge in [0.2, 0.25) is 0 Å². The summed E-state index contributed by atoms with van der Waals surface area (Å²) in [5.41, 5.74) is 1.04. The maximum absolute atomic E-state index is 4.53. The van der Waals surface area contributed by atoms with Gasteiger partial charge in [0.1, 0.15) is 5.82 Å². The van der Waals surface area contributed by atoms with Crippen molar-refractivity contribution in [2.24, 2.45) is 0 Å². The Kier molecular flexibility index (Phi) is 3.43. The summed E-state index contributed by atoms with van der Waals surface area (Å²) >= 11 is 1.60. The third-order valence-corrected chi connectivity index (χ3v) is 2.99. The minimum Gasteiger partial charge on any atom is -0.354 e. The van der Waals surface area contributed by atoms with E-state index in [1.54, 1.807) is 11.8 Å². The molecule has 1 aromatic rings. The molecule has 1 aromatic heterocycles. The first-order valence-corrected chi connectivity index (χ1v) is 6.37. The van der Waals surface area contributed by atoms with Gasteiger partial charge in [0.15, 0.2) is 5.16 Å². The Hall–Kier alpha value is -0.810. The van der Waals surface area contributed by atoms with E-state index in [2.05, 4.69) is 26.3 Å². The van der Waals surface area contributed by atoms with E-state index in [-0.39, 0.29) is 0 Å². The normalized spacial score (nSPS) is 16.8. The van der Waals surface area contributed by atoms with Crippen LogP contribution >= 0.6 is 11.8 Å². The fraction of sp³-hybridized carbons (Fsp3) is 0.600. The molecular weight excluding hydrogens is 208 g/mol. The smallest absolute Gasteiger partial charge is 0.189 e. The van der Waals surface area contributed by atoms with E-state index in [9.17, 15) is 0 Å². The van der Waals surface area contributed by atoms with Crippen molar-refractivity contribution in [1.82, 2.24) is 15.3 Å². The molecule has 1 N–H and O–H groups in total. The molecule has 0 radical (unpaired) electrons. The number of aryl methyl sites for hydroxylation is 1. The quantitative estimate of drug-likeness (QED) is 0.597. The van der Waals surface area contributed by atoms with Gasteiger partial charge < -0.3 is 10.2 Å². The molecule has 1 saturated heterocycles. The van der Waals surface area contributed by atoms with Crippen molar-refractivity contribution in [3.63, 3.8) is 0 Å². The Balaban J connectivity index is 2.22. The highest BCUT2D eigenvalue weighted by molar-refractivity contribution is 7.98. The van der Waals surface area contributed by atoms with Gasteiger partial charge in [-0.15, -0.1) is 0 Å². The number of piperazine rings is 1. The molecule has 0 amide bonds. The predicted molar refractivity (Wildman–Crippen MR) is 63.6 cm³/mol. The molecule has 0 spiro atoms. The molecule has 5 heteroatoms. The number of anilines is 1. The van der Waals surface area contributed by atoms with Crippen LogP contribution in [0.1, 0.15) is 5.69 Å². The monoisotopic (exact) mass is 224 g/mol. The van der Waals surface area contributed by atoms with Crippen LogP contribution in [0.25, 0.3) is 0 Å². The lowest BCUT2D eigenvalue weighted by Gasteiger charge is -2.28. The van der Waals surface area contributed by atoms with Gasteiger partial charge in [-0.05, 0) is 13.2 Å². The summed E-state index contributed by atoms with van der Waals surface area (Å²) in [6.45, 7) is 6.16. The Morgan fingerprint density at radius 1 is 1.33 bits per heavy atom. The van der Waals surface area contributed by atoms with E-state index < -0.39 is 0 Å². The average molecular weight is 224 g/mol. The van der Waals surface area contributed by atoms with E-state index >= 15 is 0 Å². The molecule has 4 nitrogen and oxygen atoms in total. The fourth-order valence-electron chi connectivity index (χ4n) is 1.67. The summed E-state index contributed by atoms with van der Waals surface area (Å²) < 4.78 is 0. The third-order valence-electron chi connectivity index (χ3n) is 2.44. The zero-order chi connectivity index (χ0) is 10.7. The zero-order valence-corrected chi connectivity index (χ0v) is 9.97. The number of rotatable bonds is 2. The lowest BCUT2D eigenvalue weighted by Crippen LogP contribution is -2.44. The summed E-state index contributed by atoms with van der Waals surface area (Å²) in [4.78, 5) is 11.2. The van der Waals surface area contributed by atoms with Gasteiger partial charge in [-0.3, -0.25) is 0 Å². The molecule has 15 heavy (non-hydrogen) atoms. The molecule has 2 heterocycles. The first kappa shape index (κ1) is 10.7. The second kappa shape index (κ2) is 4.81. The van der Waals surface area contributed by atoms with Crippen LogP contribution in [0.4, 0.5) is 5.82 Å². The molecule has 1 fully saturated rings. The van der Waals surface area contributed by atoms with Gasteiger partial charge in [-0.1, -0.05) is 11.8 Å². The highest BCUT2D eigenvalue weighted by atomic mass is 32.2. The van der Waals surface area contributed by atoms with Crippen molar-refractivity contribution >= 4 is 17.6 Å². The zero-order valence-electron chi connectivity index (χ0n) is 9.16. The summed E-state index contributed by atoms with van der Waals surface area (Å²) in [7, 11) is 0. The van der Waals surface area contributed by atoms with Crippen LogP contribution in [-0.4, -0.2) is 42.4 Å². The van der Waals surface area contributed by atoms with Gasteiger partial charge in [0.25, 0.3) is 0 Å². The summed E-state index contributed by atoms with van der Waals surface area (Å²) in [6.07, 6.45) is 2.01. The van der Waals surface area contributed by atoms with E-state index in [0.717, 1.165) is 42.8 Å². The Morgan fingerprint density at radius 3 is 2.73 bits per heavy atom. The lowest BCUT2D eigenvalue weighted by atomic mass is 10.3. The summed E-state index contributed by atoms with van der Waals surface area (Å²) in [5.74, 6) is 1.06. The molecule has 1 aliphatic heterocycles. The van der Waals surface area contributed by atoms with Gasteiger partial charge in [-0.2, -0.15) is 0 Å². The molecule has 1 aliphatic rings. The van der Waals surface area contributed by atoms with Gasteiger partial charge in [0, 0.05) is 37.9 Å². The SMILES string of the molecule is CSc1nc(C)cc(N2CCNCC2)n1. The molecule has 2 rings (SSSR count). The lowest BCUT2D eigenvalue weighted by molar-refractivity contribution is 0.582. The van der Waals surface area contributed by atoms with Crippen molar-refractivity contribution in [2.45, 2.75) is 12.1 Å². The van der Waals surface area contributed by atoms with Crippen LogP contribution in [0.15, 0.2) is 11.2 Å². The third kappa shape index (κ3) is 2.60. The van der Waals surface area contributed by atoms with Gasteiger partial charge >= 0.3 is 0 Å². The predicted octanol–water partition coefficient (Wildman–Crippen LogP) is 0.917. The Labute approximate surface area is 94.5 Å². The van der Waals surface area contributed by atoms with E-state index in [1.807, 2.05) is 13.2 Å². The summed E-state index contributed by atoms with van der Waals surface area (Å²) in [6, 6.07) is 2.06. The summed E-state index contributed by atoms with van der Waals surface area (Å²) in [5, 5.41) is 4.20. The van der Waals surface area contributed by atoms with Crippen molar-refractivity contribution < 1.29 is 0 Å². The highest BCUT2D eigenvalue weighted by Gasteiger charge is 2.12. The molecule has 0 bridgehead atoms. The second-order valence-corrected chi connectivity index (χ2v) is 4.36. The standard InChI is InChI=1S/C10H16N4S/c1-8-7-9(13-10(12-8)15-2)14-5-3-11-4-6-14/h7,11H,3-6H2,1-2H3. The number of nitrogens with one attached hydrogen (secondary N) is 1. The van der Waals surface area contributed by atoms with Crippen LogP contribution in [0, 0.1) is 6.92 Å². The minimum absolute atomic E-state index is 0.864. The van der Waals surface area contributed by atoms with Crippen LogP contribution in [0.3, 0.4) is 0 Å². The fourth-order valence-corrected chi connectivity index (χ4v) is 2.09. The molecule has 0 atom stereocenters. The maximum Gasteiger partial charge on any atom is 0.189 e. The number of aromatic nitrogens is 2. The molecule has 0 aliphatic carbocycles. The molecule has 82 valence electrons. The van der Waals surface area contributed by atoms with Crippen molar-refractivity contribution in [1.29, 1.82) is 0 Å². The molecule has 0 aromatic carbocycles.